The van der Waals surface area contributed by atoms with Crippen LogP contribution in [0.3, 0.4) is 0 Å². The topological polar surface area (TPSA) is 62.6 Å². The van der Waals surface area contributed by atoms with Crippen molar-refractivity contribution in [1.29, 1.82) is 0 Å². The molecular formula is C12H17ClN3O2+. The molecule has 0 aliphatic heterocycles. The molecule has 5 nitrogen and oxygen atoms in total. The summed E-state index contributed by atoms with van der Waals surface area (Å²) in [6, 6.07) is 7.52. The van der Waals surface area contributed by atoms with Gasteiger partial charge in [0.1, 0.15) is 6.54 Å². The van der Waals surface area contributed by atoms with E-state index in [4.69, 9.17) is 11.6 Å². The third-order valence-corrected chi connectivity index (χ3v) is 2.47. The molecule has 6 heteroatoms. The summed E-state index contributed by atoms with van der Waals surface area (Å²) in [4.78, 5) is 23.1. The Balaban J connectivity index is 2.39. The fraction of sp³-hybridized carbons (Fsp3) is 0.333. The van der Waals surface area contributed by atoms with Gasteiger partial charge in [-0.2, -0.15) is 0 Å². The lowest BCUT2D eigenvalue weighted by atomic mass is 10.2. The van der Waals surface area contributed by atoms with Gasteiger partial charge in [-0.3, -0.25) is 20.4 Å². The summed E-state index contributed by atoms with van der Waals surface area (Å²) in [5.41, 5.74) is 5.64. The number of likely N-dealkylation sites (N-methyl/N-ethyl adjacent to an activating group) is 1. The highest BCUT2D eigenvalue weighted by molar-refractivity contribution is 6.30. The van der Waals surface area contributed by atoms with Crippen molar-refractivity contribution in [3.8, 4) is 0 Å². The number of carbonyl (C=O) groups is 2. The van der Waals surface area contributed by atoms with Gasteiger partial charge in [-0.25, -0.2) is 0 Å². The van der Waals surface area contributed by atoms with E-state index in [1.54, 1.807) is 0 Å². The maximum atomic E-state index is 11.4. The molecular weight excluding hydrogens is 254 g/mol. The minimum absolute atomic E-state index is 0.232. The first kappa shape index (κ1) is 14.5. The number of benzene rings is 1. The van der Waals surface area contributed by atoms with Crippen molar-refractivity contribution < 1.29 is 14.5 Å². The minimum Gasteiger partial charge on any atom is -0.326 e. The van der Waals surface area contributed by atoms with E-state index in [2.05, 4.69) is 10.9 Å². The zero-order chi connectivity index (χ0) is 13.5. The molecule has 1 atom stereocenters. The Hall–Kier alpha value is -1.59. The van der Waals surface area contributed by atoms with Crippen LogP contribution in [0.4, 0.5) is 0 Å². The monoisotopic (exact) mass is 270 g/mol. The molecule has 1 unspecified atom stereocenters. The van der Waals surface area contributed by atoms with Crippen molar-refractivity contribution in [2.75, 3.05) is 13.6 Å². The number of rotatable bonds is 4. The first-order chi connectivity index (χ1) is 8.47. The molecule has 2 amide bonds. The summed E-state index contributed by atoms with van der Waals surface area (Å²) >= 11 is 5.88. The van der Waals surface area contributed by atoms with Crippen LogP contribution < -0.4 is 15.8 Å². The van der Waals surface area contributed by atoms with Gasteiger partial charge in [0.2, 0.25) is 5.91 Å². The number of amides is 2. The number of hydrazine groups is 1. The van der Waals surface area contributed by atoms with Crippen molar-refractivity contribution in [3.63, 3.8) is 0 Å². The Morgan fingerprint density at radius 1 is 1.33 bits per heavy atom. The molecule has 0 bridgehead atoms. The number of nitrogens with one attached hydrogen (secondary N) is 3. The van der Waals surface area contributed by atoms with Crippen LogP contribution in [0, 0.1) is 0 Å². The van der Waals surface area contributed by atoms with Gasteiger partial charge >= 0.3 is 0 Å². The number of halogens is 1. The first-order valence-electron chi connectivity index (χ1n) is 5.58. The summed E-state index contributed by atoms with van der Waals surface area (Å²) in [6.45, 7) is 2.30. The molecule has 98 valence electrons. The summed E-state index contributed by atoms with van der Waals surface area (Å²) in [6.07, 6.45) is 0. The van der Waals surface area contributed by atoms with Gasteiger partial charge in [0.25, 0.3) is 5.91 Å². The second-order valence-corrected chi connectivity index (χ2v) is 4.61. The third kappa shape index (κ3) is 5.65. The van der Waals surface area contributed by atoms with Gasteiger partial charge in [0, 0.05) is 17.5 Å². The normalized spacial score (nSPS) is 11.7. The summed E-state index contributed by atoms with van der Waals surface area (Å²) < 4.78 is 0. The van der Waals surface area contributed by atoms with Crippen molar-refractivity contribution in [2.45, 2.75) is 13.5 Å². The van der Waals surface area contributed by atoms with Crippen LogP contribution >= 0.6 is 11.6 Å². The van der Waals surface area contributed by atoms with Gasteiger partial charge in [-0.1, -0.05) is 23.7 Å². The molecule has 0 fully saturated rings. The third-order valence-electron chi connectivity index (χ3n) is 2.24. The van der Waals surface area contributed by atoms with Gasteiger partial charge in [-0.15, -0.1) is 0 Å². The van der Waals surface area contributed by atoms with E-state index in [1.807, 2.05) is 31.3 Å². The second kappa shape index (κ2) is 6.98. The fourth-order valence-electron chi connectivity index (χ4n) is 1.53. The standard InChI is InChI=1S/C12H16ClN3O2/c1-9(17)14-15-12(18)8-16(2)7-10-4-3-5-11(13)6-10/h3-6H,7-8H2,1-2H3,(H,14,17)(H,15,18)/p+1. The summed E-state index contributed by atoms with van der Waals surface area (Å²) in [5.74, 6) is -0.527. The maximum absolute atomic E-state index is 11.4. The molecule has 0 aliphatic rings. The number of hydrogen-bond donors (Lipinski definition) is 3. The van der Waals surface area contributed by atoms with E-state index in [0.29, 0.717) is 11.6 Å². The number of hydrogen-bond acceptors (Lipinski definition) is 2. The minimum atomic E-state index is -0.296. The van der Waals surface area contributed by atoms with Crippen LogP contribution in [0.5, 0.6) is 0 Å². The Labute approximate surface area is 111 Å². The molecule has 0 aromatic heterocycles. The predicted octanol–water partition coefficient (Wildman–Crippen LogP) is -0.478. The van der Waals surface area contributed by atoms with E-state index in [-0.39, 0.29) is 18.4 Å². The number of carbonyl (C=O) groups excluding carboxylic acids is 2. The molecule has 0 spiro atoms. The van der Waals surface area contributed by atoms with E-state index in [0.717, 1.165) is 10.5 Å². The van der Waals surface area contributed by atoms with Gasteiger partial charge in [0.05, 0.1) is 7.05 Å². The number of quaternary nitrogens is 1. The van der Waals surface area contributed by atoms with E-state index in [9.17, 15) is 9.59 Å². The average Bonchev–Trinajstić information content (AvgIpc) is 2.26. The van der Waals surface area contributed by atoms with Crippen LogP contribution in [0.2, 0.25) is 5.02 Å². The lowest BCUT2D eigenvalue weighted by Gasteiger charge is -2.14. The first-order valence-corrected chi connectivity index (χ1v) is 5.96. The van der Waals surface area contributed by atoms with Gasteiger partial charge < -0.3 is 4.90 Å². The van der Waals surface area contributed by atoms with Crippen molar-refractivity contribution >= 4 is 23.4 Å². The lowest BCUT2D eigenvalue weighted by molar-refractivity contribution is -0.885. The maximum Gasteiger partial charge on any atom is 0.293 e. The van der Waals surface area contributed by atoms with E-state index < -0.39 is 0 Å². The zero-order valence-corrected chi connectivity index (χ0v) is 11.2. The highest BCUT2D eigenvalue weighted by Crippen LogP contribution is 2.09. The van der Waals surface area contributed by atoms with Crippen LogP contribution in [0.15, 0.2) is 24.3 Å². The molecule has 0 saturated carbocycles. The van der Waals surface area contributed by atoms with Crippen LogP contribution in [0.25, 0.3) is 0 Å². The Morgan fingerprint density at radius 3 is 2.67 bits per heavy atom. The average molecular weight is 271 g/mol. The van der Waals surface area contributed by atoms with E-state index in [1.165, 1.54) is 6.92 Å². The van der Waals surface area contributed by atoms with Gasteiger partial charge in [-0.05, 0) is 12.1 Å². The Morgan fingerprint density at radius 2 is 2.06 bits per heavy atom. The van der Waals surface area contributed by atoms with Crippen LogP contribution in [0.1, 0.15) is 12.5 Å². The largest absolute Gasteiger partial charge is 0.326 e. The molecule has 3 N–H and O–H groups in total. The zero-order valence-electron chi connectivity index (χ0n) is 10.4. The summed E-state index contributed by atoms with van der Waals surface area (Å²) in [5, 5.41) is 0.683. The Bertz CT molecular complexity index is 437. The highest BCUT2D eigenvalue weighted by atomic mass is 35.5. The smallest absolute Gasteiger partial charge is 0.293 e. The van der Waals surface area contributed by atoms with Crippen LogP contribution in [-0.2, 0) is 16.1 Å². The SMILES string of the molecule is CC(=O)NNC(=O)C[NH+](C)Cc1cccc(Cl)c1. The van der Waals surface area contributed by atoms with E-state index >= 15 is 0 Å². The van der Waals surface area contributed by atoms with Gasteiger partial charge in [0.15, 0.2) is 6.54 Å². The molecule has 1 rings (SSSR count). The second-order valence-electron chi connectivity index (χ2n) is 4.17. The Kier molecular flexibility index (Phi) is 5.61. The lowest BCUT2D eigenvalue weighted by Crippen LogP contribution is -3.09. The molecule has 1 aromatic rings. The highest BCUT2D eigenvalue weighted by Gasteiger charge is 2.10. The molecule has 0 aliphatic carbocycles. The predicted molar refractivity (Wildman–Crippen MR) is 68.9 cm³/mol. The summed E-state index contributed by atoms with van der Waals surface area (Å²) in [7, 11) is 1.90. The molecule has 18 heavy (non-hydrogen) atoms. The quantitative estimate of drug-likeness (QED) is 0.648. The van der Waals surface area contributed by atoms with Crippen molar-refractivity contribution in [1.82, 2.24) is 10.9 Å². The van der Waals surface area contributed by atoms with Crippen LogP contribution in [-0.4, -0.2) is 25.4 Å². The van der Waals surface area contributed by atoms with Crippen molar-refractivity contribution in [3.05, 3.63) is 34.9 Å². The molecule has 0 saturated heterocycles. The molecule has 1 aromatic carbocycles. The molecule has 0 radical (unpaired) electrons. The van der Waals surface area contributed by atoms with Crippen molar-refractivity contribution in [2.24, 2.45) is 0 Å². The molecule has 0 heterocycles. The fourth-order valence-corrected chi connectivity index (χ4v) is 1.75.